The Labute approximate surface area is 431 Å². The van der Waals surface area contributed by atoms with Gasteiger partial charge in [-0.3, -0.25) is 14.4 Å². The Bertz CT molecular complexity index is 1440. The smallest absolute Gasteiger partial charge is 0.306 e. The Morgan fingerprint density at radius 1 is 0.300 bits per heavy atom. The Morgan fingerprint density at radius 3 is 0.943 bits per heavy atom. The third kappa shape index (κ3) is 55.0. The van der Waals surface area contributed by atoms with Gasteiger partial charge in [0.15, 0.2) is 6.10 Å². The van der Waals surface area contributed by atoms with Crippen LogP contribution in [0.4, 0.5) is 0 Å². The molecule has 0 saturated carbocycles. The van der Waals surface area contributed by atoms with Gasteiger partial charge in [-0.15, -0.1) is 0 Å². The maximum atomic E-state index is 12.8. The van der Waals surface area contributed by atoms with Crippen molar-refractivity contribution in [1.82, 2.24) is 0 Å². The minimum Gasteiger partial charge on any atom is -0.462 e. The first-order valence-corrected chi connectivity index (χ1v) is 28.9. The molecule has 0 aliphatic rings. The van der Waals surface area contributed by atoms with Gasteiger partial charge in [0.05, 0.1) is 0 Å². The molecular formula is C64H106O6. The highest BCUT2D eigenvalue weighted by atomic mass is 16.6. The molecule has 1 atom stereocenters. The summed E-state index contributed by atoms with van der Waals surface area (Å²) >= 11 is 0. The number of rotatable bonds is 51. The van der Waals surface area contributed by atoms with Crippen molar-refractivity contribution in [1.29, 1.82) is 0 Å². The molecule has 0 N–H and O–H groups in total. The summed E-state index contributed by atoms with van der Waals surface area (Å²) in [5, 5.41) is 0. The van der Waals surface area contributed by atoms with Crippen LogP contribution in [0.15, 0.2) is 109 Å². The van der Waals surface area contributed by atoms with Crippen molar-refractivity contribution in [2.45, 2.75) is 264 Å². The van der Waals surface area contributed by atoms with Gasteiger partial charge in [0.2, 0.25) is 0 Å². The van der Waals surface area contributed by atoms with Gasteiger partial charge in [-0.05, 0) is 103 Å². The summed E-state index contributed by atoms with van der Waals surface area (Å²) in [4.78, 5) is 38.2. The largest absolute Gasteiger partial charge is 0.462 e. The minimum atomic E-state index is -0.821. The summed E-state index contributed by atoms with van der Waals surface area (Å²) in [5.41, 5.74) is 0. The number of allylic oxidation sites excluding steroid dienone is 18. The van der Waals surface area contributed by atoms with Gasteiger partial charge in [0.1, 0.15) is 13.2 Å². The Kier molecular flexibility index (Phi) is 54.4. The molecule has 6 nitrogen and oxygen atoms in total. The molecule has 0 radical (unpaired) electrons. The molecule has 0 heterocycles. The molecule has 398 valence electrons. The third-order valence-electron chi connectivity index (χ3n) is 12.0. The lowest BCUT2D eigenvalue weighted by Crippen LogP contribution is -2.30. The summed E-state index contributed by atoms with van der Waals surface area (Å²) < 4.78 is 16.8. The van der Waals surface area contributed by atoms with Crippen LogP contribution in [0, 0.1) is 0 Å². The normalized spacial score (nSPS) is 12.9. The van der Waals surface area contributed by atoms with Crippen LogP contribution in [0.2, 0.25) is 0 Å². The van der Waals surface area contributed by atoms with E-state index in [9.17, 15) is 14.4 Å². The number of hydrogen-bond donors (Lipinski definition) is 0. The molecule has 6 heteroatoms. The highest BCUT2D eigenvalue weighted by Gasteiger charge is 2.19. The molecule has 0 amide bonds. The van der Waals surface area contributed by atoms with E-state index in [1.807, 2.05) is 0 Å². The lowest BCUT2D eigenvalue weighted by molar-refractivity contribution is -0.167. The summed E-state index contributed by atoms with van der Waals surface area (Å²) in [6, 6.07) is 0. The van der Waals surface area contributed by atoms with E-state index >= 15 is 0 Å². The van der Waals surface area contributed by atoms with Crippen molar-refractivity contribution in [2.24, 2.45) is 0 Å². The van der Waals surface area contributed by atoms with E-state index in [0.717, 1.165) is 103 Å². The number of hydrogen-bond acceptors (Lipinski definition) is 6. The van der Waals surface area contributed by atoms with E-state index in [0.29, 0.717) is 19.3 Å². The molecule has 0 unspecified atom stereocenters. The van der Waals surface area contributed by atoms with E-state index in [2.05, 4.69) is 130 Å². The van der Waals surface area contributed by atoms with Crippen LogP contribution < -0.4 is 0 Å². The number of ether oxygens (including phenoxy) is 3. The van der Waals surface area contributed by atoms with E-state index in [1.54, 1.807) is 0 Å². The quantitative estimate of drug-likeness (QED) is 0.0262. The van der Waals surface area contributed by atoms with Crippen molar-refractivity contribution in [2.75, 3.05) is 13.2 Å². The Morgan fingerprint density at radius 2 is 0.571 bits per heavy atom. The van der Waals surface area contributed by atoms with Gasteiger partial charge in [0.25, 0.3) is 0 Å². The number of esters is 3. The van der Waals surface area contributed by atoms with Gasteiger partial charge < -0.3 is 14.2 Å². The van der Waals surface area contributed by atoms with E-state index < -0.39 is 6.10 Å². The SMILES string of the molecule is CC/C=C\C/C=C\C/C=C\C/C=C\C/C=C\CCCCCC(=O)OC[C@@H](COC(=O)CCCCCCCCCCCCCCCCCC)OC(=O)CCC/C=C\C/C=C\C/C=C\C/C=C\CCCCC. The second kappa shape index (κ2) is 57.6. The fourth-order valence-electron chi connectivity index (χ4n) is 7.70. The fourth-order valence-corrected chi connectivity index (χ4v) is 7.70. The van der Waals surface area contributed by atoms with Crippen molar-refractivity contribution < 1.29 is 28.6 Å². The summed E-state index contributed by atoms with van der Waals surface area (Å²) in [5.74, 6) is -0.998. The standard InChI is InChI=1S/C64H106O6/c1-4-7-10-13-16-19-22-25-28-31-32-34-36-39-42-45-48-51-54-57-63(66)69-60-61(59-68-62(65)56-53-50-47-44-41-38-35-30-27-24-21-18-15-12-9-6-3)70-64(67)58-55-52-49-46-43-40-37-33-29-26-23-20-17-14-11-8-5-2/h7,10,16-17,19-20,25-26,28-29,32,34,37,39-40,42,46,49,61H,4-6,8-9,11-15,18,21-24,27,30-31,33,35-36,38,41,43-45,47-48,50-60H2,1-3H3/b10-7-,19-16-,20-17-,28-25-,29-26-,34-32-,40-37-,42-39-,49-46-/t61-/m1/s1. The summed E-state index contributed by atoms with van der Waals surface area (Å²) in [6.07, 6.45) is 77.9. The third-order valence-corrected chi connectivity index (χ3v) is 12.0. The fraction of sp³-hybridized carbons (Fsp3) is 0.672. The van der Waals surface area contributed by atoms with Gasteiger partial charge in [-0.2, -0.15) is 0 Å². The second-order valence-corrected chi connectivity index (χ2v) is 18.8. The van der Waals surface area contributed by atoms with E-state index in [-0.39, 0.29) is 37.5 Å². The molecule has 0 fully saturated rings. The van der Waals surface area contributed by atoms with Crippen LogP contribution in [-0.2, 0) is 28.6 Å². The van der Waals surface area contributed by atoms with Crippen LogP contribution in [0.3, 0.4) is 0 Å². The van der Waals surface area contributed by atoms with Crippen LogP contribution in [-0.4, -0.2) is 37.2 Å². The number of carbonyl (C=O) groups is 3. The molecule has 0 bridgehead atoms. The van der Waals surface area contributed by atoms with Crippen LogP contribution >= 0.6 is 0 Å². The first-order chi connectivity index (χ1) is 34.5. The minimum absolute atomic E-state index is 0.110. The highest BCUT2D eigenvalue weighted by Crippen LogP contribution is 2.15. The van der Waals surface area contributed by atoms with Crippen molar-refractivity contribution in [3.63, 3.8) is 0 Å². The molecule has 0 aliphatic carbocycles. The molecule has 0 aromatic rings. The van der Waals surface area contributed by atoms with Crippen molar-refractivity contribution in [3.05, 3.63) is 109 Å². The highest BCUT2D eigenvalue weighted by molar-refractivity contribution is 5.71. The maximum absolute atomic E-state index is 12.8. The van der Waals surface area contributed by atoms with E-state index in [1.165, 1.54) is 109 Å². The van der Waals surface area contributed by atoms with Gasteiger partial charge in [-0.25, -0.2) is 0 Å². The van der Waals surface area contributed by atoms with Crippen molar-refractivity contribution in [3.8, 4) is 0 Å². The van der Waals surface area contributed by atoms with Gasteiger partial charge in [0, 0.05) is 19.3 Å². The molecule has 0 saturated heterocycles. The number of unbranched alkanes of at least 4 members (excludes halogenated alkanes) is 22. The van der Waals surface area contributed by atoms with Crippen molar-refractivity contribution >= 4 is 17.9 Å². The van der Waals surface area contributed by atoms with Crippen LogP contribution in [0.1, 0.15) is 258 Å². The monoisotopic (exact) mass is 971 g/mol. The molecule has 70 heavy (non-hydrogen) atoms. The predicted molar refractivity (Wildman–Crippen MR) is 302 cm³/mol. The Hall–Kier alpha value is -3.93. The lowest BCUT2D eigenvalue weighted by atomic mass is 10.0. The zero-order chi connectivity index (χ0) is 50.7. The zero-order valence-corrected chi connectivity index (χ0v) is 45.5. The Balaban J connectivity index is 4.53. The molecule has 0 rings (SSSR count). The summed E-state index contributed by atoms with van der Waals surface area (Å²) in [6.45, 7) is 6.43. The number of carbonyl (C=O) groups excluding carboxylic acids is 3. The van der Waals surface area contributed by atoms with E-state index in [4.69, 9.17) is 14.2 Å². The van der Waals surface area contributed by atoms with Crippen LogP contribution in [0.5, 0.6) is 0 Å². The molecule has 0 aromatic carbocycles. The average Bonchev–Trinajstić information content (AvgIpc) is 3.36. The van der Waals surface area contributed by atoms with Gasteiger partial charge >= 0.3 is 17.9 Å². The molecule has 0 spiro atoms. The second-order valence-electron chi connectivity index (χ2n) is 18.8. The molecule has 0 aliphatic heterocycles. The lowest BCUT2D eigenvalue weighted by Gasteiger charge is -2.18. The topological polar surface area (TPSA) is 78.9 Å². The van der Waals surface area contributed by atoms with Gasteiger partial charge in [-0.1, -0.05) is 246 Å². The summed E-state index contributed by atoms with van der Waals surface area (Å²) in [7, 11) is 0. The zero-order valence-electron chi connectivity index (χ0n) is 45.5. The average molecular weight is 972 g/mol. The maximum Gasteiger partial charge on any atom is 0.306 e. The first kappa shape index (κ1) is 66.1. The first-order valence-electron chi connectivity index (χ1n) is 28.9. The predicted octanol–water partition coefficient (Wildman–Crippen LogP) is 19.5. The molecule has 0 aromatic heterocycles. The van der Waals surface area contributed by atoms with Crippen LogP contribution in [0.25, 0.3) is 0 Å². The molecular weight excluding hydrogens is 865 g/mol.